The monoisotopic (exact) mass is 367 g/mol. The smallest absolute Gasteiger partial charge is 0.223 e. The maximum absolute atomic E-state index is 12.6. The maximum Gasteiger partial charge on any atom is 0.223 e. The fourth-order valence-corrected chi connectivity index (χ4v) is 3.71. The van der Waals surface area contributed by atoms with Crippen LogP contribution in [0.3, 0.4) is 0 Å². The Balaban J connectivity index is 1.67. The molecule has 5 nitrogen and oxygen atoms in total. The van der Waals surface area contributed by atoms with E-state index in [0.29, 0.717) is 12.6 Å². The van der Waals surface area contributed by atoms with Gasteiger partial charge in [-0.3, -0.25) is 9.78 Å². The lowest BCUT2D eigenvalue weighted by Gasteiger charge is -2.27. The Hall–Kier alpha value is -2.40. The normalized spacial score (nSPS) is 19.5. The first kappa shape index (κ1) is 19.4. The van der Waals surface area contributed by atoms with Gasteiger partial charge < -0.3 is 15.4 Å². The van der Waals surface area contributed by atoms with Gasteiger partial charge in [0.1, 0.15) is 5.75 Å². The zero-order valence-corrected chi connectivity index (χ0v) is 16.4. The molecule has 1 aromatic heterocycles. The van der Waals surface area contributed by atoms with Crippen LogP contribution in [0, 0.1) is 12.8 Å². The second kappa shape index (κ2) is 9.00. The molecule has 2 N–H and O–H groups in total. The second-order valence-electron chi connectivity index (χ2n) is 7.27. The Morgan fingerprint density at radius 3 is 2.52 bits per heavy atom. The lowest BCUT2D eigenvalue weighted by molar-refractivity contribution is -0.126. The number of nitrogens with zero attached hydrogens (tertiary/aromatic N) is 1. The summed E-state index contributed by atoms with van der Waals surface area (Å²) >= 11 is 0. The number of benzene rings is 1. The third kappa shape index (κ3) is 4.86. The van der Waals surface area contributed by atoms with E-state index in [2.05, 4.69) is 27.8 Å². The average Bonchev–Trinajstić information content (AvgIpc) is 2.72. The van der Waals surface area contributed by atoms with Crippen molar-refractivity contribution in [1.29, 1.82) is 0 Å². The molecule has 1 aliphatic carbocycles. The van der Waals surface area contributed by atoms with Crippen LogP contribution in [-0.4, -0.2) is 31.1 Å². The Morgan fingerprint density at radius 2 is 1.89 bits per heavy atom. The van der Waals surface area contributed by atoms with Crippen LogP contribution in [0.2, 0.25) is 0 Å². The minimum absolute atomic E-state index is 0.116. The highest BCUT2D eigenvalue weighted by Crippen LogP contribution is 2.27. The molecule has 2 aromatic rings. The molecule has 1 aliphatic rings. The molecule has 27 heavy (non-hydrogen) atoms. The highest BCUT2D eigenvalue weighted by atomic mass is 16.5. The lowest BCUT2D eigenvalue weighted by Crippen LogP contribution is -2.37. The number of hydrogen-bond acceptors (Lipinski definition) is 4. The number of aryl methyl sites for hydroxylation is 1. The molecule has 0 saturated heterocycles. The van der Waals surface area contributed by atoms with Crippen LogP contribution in [0.15, 0.2) is 36.5 Å². The molecule has 0 radical (unpaired) electrons. The van der Waals surface area contributed by atoms with E-state index in [1.807, 2.05) is 38.4 Å². The fraction of sp³-hybridized carbons (Fsp3) is 0.455. The summed E-state index contributed by atoms with van der Waals surface area (Å²) in [7, 11) is 3.65. The summed E-state index contributed by atoms with van der Waals surface area (Å²) in [6, 6.07) is 10.7. The Labute approximate surface area is 161 Å². The third-order valence-electron chi connectivity index (χ3n) is 5.48. The topological polar surface area (TPSA) is 63.2 Å². The van der Waals surface area contributed by atoms with Crippen LogP contribution in [0.1, 0.15) is 36.9 Å². The first-order valence-electron chi connectivity index (χ1n) is 9.65. The number of aromatic nitrogens is 1. The summed E-state index contributed by atoms with van der Waals surface area (Å²) in [5.74, 6) is 1.05. The van der Waals surface area contributed by atoms with E-state index in [9.17, 15) is 4.79 Å². The van der Waals surface area contributed by atoms with Crippen LogP contribution >= 0.6 is 0 Å². The van der Waals surface area contributed by atoms with Crippen molar-refractivity contribution in [2.24, 2.45) is 5.92 Å². The molecule has 1 saturated carbocycles. The standard InChI is InChI=1S/C22H29N3O2/c1-15-4-5-18(13-24-15)17-8-11-21(27-3)19(12-17)14-25-22(26)16-6-9-20(23-2)10-7-16/h4-5,8,11-13,16,20,23H,6-7,9-10,14H2,1-3H3,(H,25,26). The number of nitrogens with one attached hydrogen (secondary N) is 2. The van der Waals surface area contributed by atoms with Crippen molar-refractivity contribution in [2.75, 3.05) is 14.2 Å². The third-order valence-corrected chi connectivity index (χ3v) is 5.48. The van der Waals surface area contributed by atoms with Crippen LogP contribution in [0.25, 0.3) is 11.1 Å². The summed E-state index contributed by atoms with van der Waals surface area (Å²) in [5, 5.41) is 6.42. The van der Waals surface area contributed by atoms with Crippen molar-refractivity contribution in [1.82, 2.24) is 15.6 Å². The number of amides is 1. The summed E-state index contributed by atoms with van der Waals surface area (Å²) in [6.07, 6.45) is 5.90. The van der Waals surface area contributed by atoms with Crippen LogP contribution in [0.5, 0.6) is 5.75 Å². The molecular weight excluding hydrogens is 338 g/mol. The van der Waals surface area contributed by atoms with Crippen LogP contribution in [0.4, 0.5) is 0 Å². The first-order chi connectivity index (χ1) is 13.1. The van der Waals surface area contributed by atoms with Gasteiger partial charge >= 0.3 is 0 Å². The largest absolute Gasteiger partial charge is 0.496 e. The van der Waals surface area contributed by atoms with E-state index in [1.165, 1.54) is 0 Å². The number of pyridine rings is 1. The van der Waals surface area contributed by atoms with Crippen LogP contribution < -0.4 is 15.4 Å². The predicted molar refractivity (Wildman–Crippen MR) is 108 cm³/mol. The number of hydrogen-bond donors (Lipinski definition) is 2. The van der Waals surface area contributed by atoms with E-state index in [0.717, 1.165) is 53.8 Å². The summed E-state index contributed by atoms with van der Waals surface area (Å²) in [4.78, 5) is 16.9. The molecule has 5 heteroatoms. The molecule has 1 fully saturated rings. The fourth-order valence-electron chi connectivity index (χ4n) is 3.71. The van der Waals surface area contributed by atoms with Gasteiger partial charge in [0.15, 0.2) is 0 Å². The minimum atomic E-state index is 0.116. The van der Waals surface area contributed by atoms with Crippen molar-refractivity contribution in [2.45, 2.75) is 45.2 Å². The van der Waals surface area contributed by atoms with Crippen molar-refractivity contribution >= 4 is 5.91 Å². The van der Waals surface area contributed by atoms with Gasteiger partial charge in [-0.25, -0.2) is 0 Å². The number of carbonyl (C=O) groups excluding carboxylic acids is 1. The van der Waals surface area contributed by atoms with Gasteiger partial charge in [0.05, 0.1) is 7.11 Å². The van der Waals surface area contributed by atoms with E-state index in [-0.39, 0.29) is 11.8 Å². The van der Waals surface area contributed by atoms with Gasteiger partial charge in [-0.15, -0.1) is 0 Å². The molecule has 1 amide bonds. The van der Waals surface area contributed by atoms with Crippen molar-refractivity contribution in [3.8, 4) is 16.9 Å². The van der Waals surface area contributed by atoms with Crippen LogP contribution in [-0.2, 0) is 11.3 Å². The van der Waals surface area contributed by atoms with Gasteiger partial charge in [0.25, 0.3) is 0 Å². The summed E-state index contributed by atoms with van der Waals surface area (Å²) in [5.41, 5.74) is 4.10. The highest BCUT2D eigenvalue weighted by Gasteiger charge is 2.25. The molecule has 1 aromatic carbocycles. The molecule has 144 valence electrons. The Morgan fingerprint density at radius 1 is 1.15 bits per heavy atom. The first-order valence-corrected chi connectivity index (χ1v) is 9.65. The highest BCUT2D eigenvalue weighted by molar-refractivity contribution is 5.79. The second-order valence-corrected chi connectivity index (χ2v) is 7.27. The Kier molecular flexibility index (Phi) is 6.45. The van der Waals surface area contributed by atoms with E-state index >= 15 is 0 Å². The van der Waals surface area contributed by atoms with Crippen molar-refractivity contribution in [3.05, 3.63) is 47.8 Å². The molecule has 3 rings (SSSR count). The molecule has 0 bridgehead atoms. The van der Waals surface area contributed by atoms with Crippen molar-refractivity contribution < 1.29 is 9.53 Å². The number of ether oxygens (including phenoxy) is 1. The van der Waals surface area contributed by atoms with E-state index in [1.54, 1.807) is 7.11 Å². The molecule has 0 atom stereocenters. The summed E-state index contributed by atoms with van der Waals surface area (Å²) in [6.45, 7) is 2.45. The maximum atomic E-state index is 12.6. The minimum Gasteiger partial charge on any atom is -0.496 e. The molecule has 1 heterocycles. The predicted octanol–water partition coefficient (Wildman–Crippen LogP) is 3.46. The van der Waals surface area contributed by atoms with E-state index in [4.69, 9.17) is 4.74 Å². The molecular formula is C22H29N3O2. The van der Waals surface area contributed by atoms with Gasteiger partial charge in [-0.2, -0.15) is 0 Å². The quantitative estimate of drug-likeness (QED) is 0.821. The molecule has 0 spiro atoms. The van der Waals surface area contributed by atoms with Gasteiger partial charge in [-0.05, 0) is 63.4 Å². The SMILES string of the molecule is CNC1CCC(C(=O)NCc2cc(-c3ccc(C)nc3)ccc2OC)CC1. The number of methoxy groups -OCH3 is 1. The number of carbonyl (C=O) groups is 1. The summed E-state index contributed by atoms with van der Waals surface area (Å²) < 4.78 is 5.49. The zero-order chi connectivity index (χ0) is 19.2. The number of rotatable bonds is 6. The Bertz CT molecular complexity index is 766. The average molecular weight is 367 g/mol. The van der Waals surface area contributed by atoms with Gasteiger partial charge in [-0.1, -0.05) is 12.1 Å². The van der Waals surface area contributed by atoms with Crippen molar-refractivity contribution in [3.63, 3.8) is 0 Å². The molecule has 0 unspecified atom stereocenters. The van der Waals surface area contributed by atoms with Gasteiger partial charge in [0.2, 0.25) is 5.91 Å². The lowest BCUT2D eigenvalue weighted by atomic mass is 9.85. The zero-order valence-electron chi connectivity index (χ0n) is 16.4. The van der Waals surface area contributed by atoms with E-state index < -0.39 is 0 Å². The molecule has 0 aliphatic heterocycles. The van der Waals surface area contributed by atoms with Gasteiger partial charge in [0, 0.05) is 41.5 Å².